The number of nitrogens with one attached hydrogen (secondary N) is 1. The summed E-state index contributed by atoms with van der Waals surface area (Å²) in [6.07, 6.45) is 1.49. The molecule has 0 amide bonds. The van der Waals surface area contributed by atoms with Crippen molar-refractivity contribution in [3.05, 3.63) is 29.3 Å². The Morgan fingerprint density at radius 1 is 1.30 bits per heavy atom. The molecule has 0 aliphatic carbocycles. The standard InChI is InChI=1S/C13H20F2N2O2S/c1-9(2)4-3-5-17-20(18,19)12-7-10(8-16)6-11(14)13(12)15/h6-7,9,17H,3-5,8,16H2,1-2H3. The van der Waals surface area contributed by atoms with Crippen LogP contribution < -0.4 is 10.5 Å². The summed E-state index contributed by atoms with van der Waals surface area (Å²) in [5.41, 5.74) is 5.56. The Bertz CT molecular complexity index is 560. The SMILES string of the molecule is CC(C)CCCNS(=O)(=O)c1cc(CN)cc(F)c1F. The van der Waals surface area contributed by atoms with Crippen LogP contribution in [-0.4, -0.2) is 15.0 Å². The molecule has 0 bridgehead atoms. The maximum Gasteiger partial charge on any atom is 0.243 e. The third-order valence-corrected chi connectivity index (χ3v) is 4.29. The highest BCUT2D eigenvalue weighted by molar-refractivity contribution is 7.89. The summed E-state index contributed by atoms with van der Waals surface area (Å²) in [4.78, 5) is -0.692. The lowest BCUT2D eigenvalue weighted by Gasteiger charge is -2.10. The zero-order valence-electron chi connectivity index (χ0n) is 11.6. The van der Waals surface area contributed by atoms with E-state index in [0.717, 1.165) is 18.6 Å². The van der Waals surface area contributed by atoms with Gasteiger partial charge in [0.2, 0.25) is 10.0 Å². The van der Waals surface area contributed by atoms with E-state index in [0.29, 0.717) is 12.3 Å². The maximum atomic E-state index is 13.6. The third-order valence-electron chi connectivity index (χ3n) is 2.83. The number of rotatable bonds is 7. The van der Waals surface area contributed by atoms with Crippen LogP contribution in [0.4, 0.5) is 8.78 Å². The van der Waals surface area contributed by atoms with Crippen LogP contribution in [0.2, 0.25) is 0 Å². The van der Waals surface area contributed by atoms with E-state index in [-0.39, 0.29) is 18.7 Å². The summed E-state index contributed by atoms with van der Waals surface area (Å²) in [6, 6.07) is 1.95. The van der Waals surface area contributed by atoms with E-state index in [2.05, 4.69) is 4.72 Å². The fraction of sp³-hybridized carbons (Fsp3) is 0.538. The first-order valence-electron chi connectivity index (χ1n) is 6.45. The second kappa shape index (κ2) is 7.10. The summed E-state index contributed by atoms with van der Waals surface area (Å²) in [6.45, 7) is 4.17. The summed E-state index contributed by atoms with van der Waals surface area (Å²) in [5, 5.41) is 0. The quantitative estimate of drug-likeness (QED) is 0.758. The van der Waals surface area contributed by atoms with Crippen LogP contribution in [-0.2, 0) is 16.6 Å². The molecule has 4 nitrogen and oxygen atoms in total. The van der Waals surface area contributed by atoms with Crippen molar-refractivity contribution in [2.45, 2.75) is 38.1 Å². The zero-order valence-corrected chi connectivity index (χ0v) is 12.4. The lowest BCUT2D eigenvalue weighted by molar-refractivity contribution is 0.480. The Balaban J connectivity index is 2.89. The van der Waals surface area contributed by atoms with Crippen molar-refractivity contribution in [3.8, 4) is 0 Å². The molecule has 0 atom stereocenters. The second-order valence-electron chi connectivity index (χ2n) is 5.03. The lowest BCUT2D eigenvalue weighted by atomic mass is 10.1. The molecule has 1 rings (SSSR count). The fourth-order valence-corrected chi connectivity index (χ4v) is 2.93. The first kappa shape index (κ1) is 17.0. The first-order chi connectivity index (χ1) is 9.27. The molecule has 1 aromatic carbocycles. The summed E-state index contributed by atoms with van der Waals surface area (Å²) in [5.74, 6) is -2.14. The van der Waals surface area contributed by atoms with Crippen molar-refractivity contribution >= 4 is 10.0 Å². The minimum Gasteiger partial charge on any atom is -0.326 e. The van der Waals surface area contributed by atoms with Crippen LogP contribution in [0.1, 0.15) is 32.3 Å². The van der Waals surface area contributed by atoms with Crippen LogP contribution in [0.3, 0.4) is 0 Å². The van der Waals surface area contributed by atoms with Crippen molar-refractivity contribution in [1.29, 1.82) is 0 Å². The first-order valence-corrected chi connectivity index (χ1v) is 7.94. The van der Waals surface area contributed by atoms with Gasteiger partial charge in [0.15, 0.2) is 11.6 Å². The highest BCUT2D eigenvalue weighted by Crippen LogP contribution is 2.19. The molecule has 114 valence electrons. The van der Waals surface area contributed by atoms with Crippen molar-refractivity contribution < 1.29 is 17.2 Å². The molecule has 0 heterocycles. The van der Waals surface area contributed by atoms with Gasteiger partial charge in [-0.25, -0.2) is 21.9 Å². The van der Waals surface area contributed by atoms with Gasteiger partial charge in [-0.3, -0.25) is 0 Å². The molecule has 0 aliphatic rings. The van der Waals surface area contributed by atoms with Crippen LogP contribution in [0.15, 0.2) is 17.0 Å². The Morgan fingerprint density at radius 3 is 2.50 bits per heavy atom. The van der Waals surface area contributed by atoms with Gasteiger partial charge in [-0.1, -0.05) is 13.8 Å². The maximum absolute atomic E-state index is 13.6. The molecule has 20 heavy (non-hydrogen) atoms. The van der Waals surface area contributed by atoms with E-state index in [4.69, 9.17) is 5.73 Å². The fourth-order valence-electron chi connectivity index (χ4n) is 1.73. The Labute approximate surface area is 118 Å². The molecular weight excluding hydrogens is 286 g/mol. The predicted octanol–water partition coefficient (Wildman–Crippen LogP) is 2.14. The van der Waals surface area contributed by atoms with Gasteiger partial charge in [-0.15, -0.1) is 0 Å². The monoisotopic (exact) mass is 306 g/mol. The number of halogens is 2. The molecule has 3 N–H and O–H groups in total. The molecule has 0 fully saturated rings. The smallest absolute Gasteiger partial charge is 0.243 e. The average Bonchev–Trinajstić information content (AvgIpc) is 2.37. The van der Waals surface area contributed by atoms with Gasteiger partial charge in [0.1, 0.15) is 4.90 Å². The topological polar surface area (TPSA) is 72.2 Å². The number of hydrogen-bond donors (Lipinski definition) is 2. The van der Waals surface area contributed by atoms with Crippen molar-refractivity contribution in [3.63, 3.8) is 0 Å². The van der Waals surface area contributed by atoms with Crippen LogP contribution in [0, 0.1) is 17.6 Å². The summed E-state index contributed by atoms with van der Waals surface area (Å²) < 4.78 is 53.1. The number of sulfonamides is 1. The number of benzene rings is 1. The zero-order chi connectivity index (χ0) is 15.3. The minimum absolute atomic E-state index is 0.0624. The molecule has 0 aromatic heterocycles. The van der Waals surface area contributed by atoms with Crippen LogP contribution in [0.5, 0.6) is 0 Å². The van der Waals surface area contributed by atoms with E-state index in [9.17, 15) is 17.2 Å². The third kappa shape index (κ3) is 4.50. The molecule has 0 saturated heterocycles. The molecule has 0 radical (unpaired) electrons. The number of nitrogens with two attached hydrogens (primary N) is 1. The Hall–Kier alpha value is -1.05. The Morgan fingerprint density at radius 2 is 1.95 bits per heavy atom. The minimum atomic E-state index is -4.06. The molecule has 0 aliphatic heterocycles. The predicted molar refractivity (Wildman–Crippen MR) is 73.5 cm³/mol. The Kier molecular flexibility index (Phi) is 6.04. The van der Waals surface area contributed by atoms with Gasteiger partial charge in [0.05, 0.1) is 0 Å². The van der Waals surface area contributed by atoms with E-state index in [1.807, 2.05) is 13.8 Å². The molecule has 1 aromatic rings. The molecule has 7 heteroatoms. The highest BCUT2D eigenvalue weighted by Gasteiger charge is 2.22. The van der Waals surface area contributed by atoms with Crippen molar-refractivity contribution in [1.82, 2.24) is 4.72 Å². The second-order valence-corrected chi connectivity index (χ2v) is 6.76. The van der Waals surface area contributed by atoms with Gasteiger partial charge >= 0.3 is 0 Å². The molecule has 0 spiro atoms. The molecule has 0 unspecified atom stereocenters. The van der Waals surface area contributed by atoms with E-state index in [1.165, 1.54) is 0 Å². The van der Waals surface area contributed by atoms with Gasteiger partial charge in [-0.2, -0.15) is 0 Å². The van der Waals surface area contributed by atoms with Crippen LogP contribution in [0.25, 0.3) is 0 Å². The molecular formula is C13H20F2N2O2S. The lowest BCUT2D eigenvalue weighted by Crippen LogP contribution is -2.26. The van der Waals surface area contributed by atoms with Crippen molar-refractivity contribution in [2.24, 2.45) is 11.7 Å². The van der Waals surface area contributed by atoms with Gasteiger partial charge in [0.25, 0.3) is 0 Å². The normalized spacial score (nSPS) is 12.1. The average molecular weight is 306 g/mol. The van der Waals surface area contributed by atoms with Gasteiger partial charge < -0.3 is 5.73 Å². The summed E-state index contributed by atoms with van der Waals surface area (Å²) >= 11 is 0. The largest absolute Gasteiger partial charge is 0.326 e. The number of hydrogen-bond acceptors (Lipinski definition) is 3. The highest BCUT2D eigenvalue weighted by atomic mass is 32.2. The van der Waals surface area contributed by atoms with Crippen molar-refractivity contribution in [2.75, 3.05) is 6.54 Å². The van der Waals surface area contributed by atoms with E-state index in [1.54, 1.807) is 0 Å². The van der Waals surface area contributed by atoms with E-state index >= 15 is 0 Å². The van der Waals surface area contributed by atoms with Crippen LogP contribution >= 0.6 is 0 Å². The summed E-state index contributed by atoms with van der Waals surface area (Å²) in [7, 11) is -4.06. The van der Waals surface area contributed by atoms with E-state index < -0.39 is 26.6 Å². The van der Waals surface area contributed by atoms with Gasteiger partial charge in [-0.05, 0) is 36.5 Å². The van der Waals surface area contributed by atoms with Gasteiger partial charge in [0, 0.05) is 13.1 Å². The molecule has 0 saturated carbocycles.